The molecule has 0 unspecified atom stereocenters. The maximum atomic E-state index is 12.0. The minimum Gasteiger partial charge on any atom is -0.496 e. The summed E-state index contributed by atoms with van der Waals surface area (Å²) < 4.78 is 15.9. The first-order valence-corrected chi connectivity index (χ1v) is 7.89. The van der Waals surface area contributed by atoms with Gasteiger partial charge >= 0.3 is 0 Å². The van der Waals surface area contributed by atoms with Gasteiger partial charge in [-0.2, -0.15) is 0 Å². The Balaban J connectivity index is 2.04. The lowest BCUT2D eigenvalue weighted by Gasteiger charge is -2.14. The average molecular weight is 341 g/mol. The summed E-state index contributed by atoms with van der Waals surface area (Å²) in [6, 6.07) is 11.5. The summed E-state index contributed by atoms with van der Waals surface area (Å²) in [5, 5.41) is 2.84. The molecule has 2 aromatic carbocycles. The number of hydrogen-bond acceptors (Lipinski definition) is 4. The monoisotopic (exact) mass is 341 g/mol. The normalized spacial score (nSPS) is 10.6. The standard InChI is InChI=1S/C20H23NO4/c1-14-5-7-15(8-6-14)9-10-20(22)21-13-16-11-18(24-3)19(25-4)12-17(16)23-2/h5-12H,13H2,1-4H3,(H,21,22). The Morgan fingerprint density at radius 3 is 2.16 bits per heavy atom. The average Bonchev–Trinajstić information content (AvgIpc) is 2.65. The Morgan fingerprint density at radius 2 is 1.56 bits per heavy atom. The summed E-state index contributed by atoms with van der Waals surface area (Å²) >= 11 is 0. The van der Waals surface area contributed by atoms with Gasteiger partial charge in [0.25, 0.3) is 0 Å². The third kappa shape index (κ3) is 5.01. The number of hydrogen-bond donors (Lipinski definition) is 1. The summed E-state index contributed by atoms with van der Waals surface area (Å²) in [6.45, 7) is 2.34. The van der Waals surface area contributed by atoms with Crippen molar-refractivity contribution in [2.24, 2.45) is 0 Å². The Morgan fingerprint density at radius 1 is 0.960 bits per heavy atom. The summed E-state index contributed by atoms with van der Waals surface area (Å²) in [6.07, 6.45) is 3.29. The molecule has 0 aliphatic carbocycles. The van der Waals surface area contributed by atoms with Crippen molar-refractivity contribution in [3.8, 4) is 17.2 Å². The zero-order chi connectivity index (χ0) is 18.2. The van der Waals surface area contributed by atoms with Gasteiger partial charge in [0.2, 0.25) is 5.91 Å². The molecule has 25 heavy (non-hydrogen) atoms. The summed E-state index contributed by atoms with van der Waals surface area (Å²) in [7, 11) is 4.70. The van der Waals surface area contributed by atoms with Crippen LogP contribution in [0.1, 0.15) is 16.7 Å². The van der Waals surface area contributed by atoms with E-state index in [1.807, 2.05) is 31.2 Å². The molecule has 0 aliphatic rings. The van der Waals surface area contributed by atoms with Gasteiger partial charge in [-0.25, -0.2) is 0 Å². The maximum Gasteiger partial charge on any atom is 0.244 e. The fraction of sp³-hybridized carbons (Fsp3) is 0.250. The molecule has 0 spiro atoms. The number of carbonyl (C=O) groups excluding carboxylic acids is 1. The second-order valence-electron chi connectivity index (χ2n) is 5.48. The van der Waals surface area contributed by atoms with E-state index in [4.69, 9.17) is 14.2 Å². The first kappa shape index (κ1) is 18.4. The van der Waals surface area contributed by atoms with Crippen LogP contribution in [-0.4, -0.2) is 27.2 Å². The number of rotatable bonds is 7. The van der Waals surface area contributed by atoms with Crippen molar-refractivity contribution >= 4 is 12.0 Å². The molecule has 0 atom stereocenters. The van der Waals surface area contributed by atoms with Crippen LogP contribution in [0, 0.1) is 6.92 Å². The summed E-state index contributed by atoms with van der Waals surface area (Å²) in [4.78, 5) is 12.0. The molecular weight excluding hydrogens is 318 g/mol. The minimum atomic E-state index is -0.183. The summed E-state index contributed by atoms with van der Waals surface area (Å²) in [5.74, 6) is 1.61. The Kier molecular flexibility index (Phi) is 6.46. The van der Waals surface area contributed by atoms with Crippen molar-refractivity contribution in [2.45, 2.75) is 13.5 Å². The number of amides is 1. The van der Waals surface area contributed by atoms with Gasteiger partial charge in [0.15, 0.2) is 11.5 Å². The van der Waals surface area contributed by atoms with Gasteiger partial charge in [0.1, 0.15) is 5.75 Å². The topological polar surface area (TPSA) is 56.8 Å². The number of nitrogens with one attached hydrogen (secondary N) is 1. The zero-order valence-electron chi connectivity index (χ0n) is 15.0. The lowest BCUT2D eigenvalue weighted by Crippen LogP contribution is -2.20. The van der Waals surface area contributed by atoms with Crippen molar-refractivity contribution in [1.29, 1.82) is 0 Å². The van der Waals surface area contributed by atoms with E-state index in [1.165, 1.54) is 11.6 Å². The number of carbonyl (C=O) groups is 1. The van der Waals surface area contributed by atoms with Crippen LogP contribution in [0.4, 0.5) is 0 Å². The van der Waals surface area contributed by atoms with E-state index >= 15 is 0 Å². The van der Waals surface area contributed by atoms with Crippen LogP contribution in [0.3, 0.4) is 0 Å². The van der Waals surface area contributed by atoms with Gasteiger partial charge in [-0.15, -0.1) is 0 Å². The highest BCUT2D eigenvalue weighted by Gasteiger charge is 2.12. The van der Waals surface area contributed by atoms with Crippen molar-refractivity contribution in [2.75, 3.05) is 21.3 Å². The lowest BCUT2D eigenvalue weighted by molar-refractivity contribution is -0.116. The molecule has 5 nitrogen and oxygen atoms in total. The van der Waals surface area contributed by atoms with Crippen LogP contribution in [0.25, 0.3) is 6.08 Å². The van der Waals surface area contributed by atoms with Crippen LogP contribution >= 0.6 is 0 Å². The van der Waals surface area contributed by atoms with E-state index in [9.17, 15) is 4.79 Å². The van der Waals surface area contributed by atoms with Crippen LogP contribution in [0.15, 0.2) is 42.5 Å². The second-order valence-corrected chi connectivity index (χ2v) is 5.48. The smallest absolute Gasteiger partial charge is 0.244 e. The molecule has 5 heteroatoms. The molecule has 0 saturated heterocycles. The van der Waals surface area contributed by atoms with Crippen molar-refractivity contribution in [3.63, 3.8) is 0 Å². The Labute approximate surface area is 148 Å². The van der Waals surface area contributed by atoms with E-state index in [2.05, 4.69) is 5.32 Å². The molecule has 0 aliphatic heterocycles. The van der Waals surface area contributed by atoms with Gasteiger partial charge in [0, 0.05) is 24.3 Å². The molecule has 0 saturated carbocycles. The fourth-order valence-electron chi connectivity index (χ4n) is 2.32. The highest BCUT2D eigenvalue weighted by molar-refractivity contribution is 5.91. The Bertz CT molecular complexity index is 751. The second kappa shape index (κ2) is 8.78. The lowest BCUT2D eigenvalue weighted by atomic mass is 10.1. The quantitative estimate of drug-likeness (QED) is 0.785. The van der Waals surface area contributed by atoms with Crippen LogP contribution in [-0.2, 0) is 11.3 Å². The predicted molar refractivity (Wildman–Crippen MR) is 98.2 cm³/mol. The van der Waals surface area contributed by atoms with E-state index in [0.717, 1.165) is 11.1 Å². The molecular formula is C20H23NO4. The molecule has 2 rings (SSSR count). The molecule has 0 heterocycles. The molecule has 0 aromatic heterocycles. The maximum absolute atomic E-state index is 12.0. The highest BCUT2D eigenvalue weighted by atomic mass is 16.5. The van der Waals surface area contributed by atoms with Crippen LogP contribution in [0.2, 0.25) is 0 Å². The van der Waals surface area contributed by atoms with Gasteiger partial charge in [0.05, 0.1) is 21.3 Å². The number of ether oxygens (including phenoxy) is 3. The third-order valence-corrected chi connectivity index (χ3v) is 3.74. The van der Waals surface area contributed by atoms with Gasteiger partial charge in [-0.05, 0) is 24.6 Å². The van der Waals surface area contributed by atoms with Crippen molar-refractivity contribution in [1.82, 2.24) is 5.32 Å². The van der Waals surface area contributed by atoms with Gasteiger partial charge < -0.3 is 19.5 Å². The largest absolute Gasteiger partial charge is 0.496 e. The van der Waals surface area contributed by atoms with E-state index in [0.29, 0.717) is 23.8 Å². The van der Waals surface area contributed by atoms with Crippen molar-refractivity contribution in [3.05, 3.63) is 59.2 Å². The third-order valence-electron chi connectivity index (χ3n) is 3.74. The van der Waals surface area contributed by atoms with E-state index in [1.54, 1.807) is 39.5 Å². The molecule has 132 valence electrons. The van der Waals surface area contributed by atoms with Gasteiger partial charge in [-0.1, -0.05) is 29.8 Å². The zero-order valence-corrected chi connectivity index (χ0v) is 15.0. The SMILES string of the molecule is COc1cc(OC)c(OC)cc1CNC(=O)C=Cc1ccc(C)cc1. The molecule has 0 radical (unpaired) electrons. The number of methoxy groups -OCH3 is 3. The van der Waals surface area contributed by atoms with E-state index < -0.39 is 0 Å². The molecule has 2 aromatic rings. The first-order chi connectivity index (χ1) is 12.1. The molecule has 0 bridgehead atoms. The Hall–Kier alpha value is -2.95. The van der Waals surface area contributed by atoms with E-state index in [-0.39, 0.29) is 5.91 Å². The first-order valence-electron chi connectivity index (χ1n) is 7.89. The van der Waals surface area contributed by atoms with Crippen LogP contribution in [0.5, 0.6) is 17.2 Å². The highest BCUT2D eigenvalue weighted by Crippen LogP contribution is 2.34. The fourth-order valence-corrected chi connectivity index (χ4v) is 2.32. The number of aryl methyl sites for hydroxylation is 1. The molecule has 1 N–H and O–H groups in total. The molecule has 1 amide bonds. The predicted octanol–water partition coefficient (Wildman–Crippen LogP) is 3.35. The number of benzene rings is 2. The molecule has 0 fully saturated rings. The minimum absolute atomic E-state index is 0.183. The summed E-state index contributed by atoms with van der Waals surface area (Å²) in [5.41, 5.74) is 2.96. The van der Waals surface area contributed by atoms with Gasteiger partial charge in [-0.3, -0.25) is 4.79 Å². The van der Waals surface area contributed by atoms with Crippen LogP contribution < -0.4 is 19.5 Å². The van der Waals surface area contributed by atoms with Crippen molar-refractivity contribution < 1.29 is 19.0 Å².